The third kappa shape index (κ3) is 2.00. The Kier molecular flexibility index (Phi) is 4.07. The van der Waals surface area contributed by atoms with Crippen LogP contribution in [0.15, 0.2) is 0 Å². The molecule has 1 fully saturated rings. The Morgan fingerprint density at radius 1 is 1.16 bits per heavy atom. The predicted octanol–water partition coefficient (Wildman–Crippen LogP) is -0.944. The van der Waals surface area contributed by atoms with Crippen LogP contribution in [0.2, 0.25) is 0 Å². The number of hydrogen-bond donors (Lipinski definition) is 0. The van der Waals surface area contributed by atoms with E-state index in [0.717, 1.165) is 21.3 Å². The highest BCUT2D eigenvalue weighted by Crippen LogP contribution is 2.40. The Morgan fingerprint density at radius 2 is 1.63 bits per heavy atom. The van der Waals surface area contributed by atoms with Crippen LogP contribution in [-0.4, -0.2) is 49.6 Å². The van der Waals surface area contributed by atoms with Gasteiger partial charge in [0, 0.05) is 0 Å². The van der Waals surface area contributed by atoms with Crippen LogP contribution >= 0.6 is 0 Å². The van der Waals surface area contributed by atoms with Crippen LogP contribution in [0, 0.1) is 22.7 Å². The molecular weight excluding hydrogens is 258 g/mol. The maximum Gasteiger partial charge on any atom is 0.343 e. The molecule has 0 radical (unpaired) electrons. The molecule has 0 saturated carbocycles. The Bertz CT molecular complexity index is 447. The summed E-state index contributed by atoms with van der Waals surface area (Å²) in [5.74, 6) is -2.12. The maximum atomic E-state index is 11.9. The van der Waals surface area contributed by atoms with Crippen molar-refractivity contribution in [3.8, 4) is 12.1 Å². The first-order valence-electron chi connectivity index (χ1n) is 4.99. The maximum absolute atomic E-state index is 11.9. The van der Waals surface area contributed by atoms with Gasteiger partial charge in [-0.15, -0.1) is 0 Å². The van der Waals surface area contributed by atoms with Gasteiger partial charge >= 0.3 is 11.9 Å². The highest BCUT2D eigenvalue weighted by atomic mass is 17.0. The number of nitrogens with zero attached hydrogens (tertiary/aromatic N) is 3. The largest absolute Gasteiger partial charge is 0.467 e. The van der Waals surface area contributed by atoms with Crippen LogP contribution < -0.4 is 0 Å². The number of hydrogen-bond acceptors (Lipinski definition) is 9. The average molecular weight is 269 g/mol. The lowest BCUT2D eigenvalue weighted by Crippen LogP contribution is -2.56. The minimum absolute atomic E-state index is 0.455. The summed E-state index contributed by atoms with van der Waals surface area (Å²) in [6.07, 6.45) is -0.597. The van der Waals surface area contributed by atoms with E-state index < -0.39 is 29.5 Å². The normalized spacial score (nSPS) is 20.1. The molecule has 1 saturated heterocycles. The molecule has 19 heavy (non-hydrogen) atoms. The van der Waals surface area contributed by atoms with E-state index in [9.17, 15) is 9.59 Å². The zero-order chi connectivity index (χ0) is 14.7. The van der Waals surface area contributed by atoms with Gasteiger partial charge in [-0.1, -0.05) is 0 Å². The lowest BCUT2D eigenvalue weighted by Gasteiger charge is -2.27. The second-order valence-electron chi connectivity index (χ2n) is 3.60. The van der Waals surface area contributed by atoms with Crippen molar-refractivity contribution in [3.05, 3.63) is 0 Å². The van der Waals surface area contributed by atoms with E-state index in [4.69, 9.17) is 20.2 Å². The molecule has 0 aliphatic carbocycles. The van der Waals surface area contributed by atoms with Gasteiger partial charge in [-0.05, 0) is 5.23 Å². The van der Waals surface area contributed by atoms with E-state index in [1.807, 2.05) is 0 Å². The topological polar surface area (TPSA) is 122 Å². The first-order chi connectivity index (χ1) is 8.96. The summed E-state index contributed by atoms with van der Waals surface area (Å²) in [5.41, 5.74) is -4.21. The standard InChI is InChI=1S/C10H11N3O6/c1-16-7(14)10(8(15)17-2)4-9(5-11,6-12)19-13(10)18-3/h4H2,1-3H3. The van der Waals surface area contributed by atoms with Gasteiger partial charge in [-0.2, -0.15) is 10.5 Å². The second-order valence-corrected chi connectivity index (χ2v) is 3.60. The number of carbonyl (C=O) groups is 2. The summed E-state index contributed by atoms with van der Waals surface area (Å²) in [6, 6.07) is 3.17. The number of rotatable bonds is 3. The molecule has 0 atom stereocenters. The Hall–Kier alpha value is -2.20. The van der Waals surface area contributed by atoms with Gasteiger partial charge in [0.25, 0.3) is 11.1 Å². The summed E-state index contributed by atoms with van der Waals surface area (Å²) in [6.45, 7) is 0. The van der Waals surface area contributed by atoms with Crippen molar-refractivity contribution in [2.45, 2.75) is 17.6 Å². The van der Waals surface area contributed by atoms with Crippen LogP contribution in [0.5, 0.6) is 0 Å². The van der Waals surface area contributed by atoms with Gasteiger partial charge < -0.3 is 9.47 Å². The van der Waals surface area contributed by atoms with E-state index >= 15 is 0 Å². The zero-order valence-corrected chi connectivity index (χ0v) is 10.5. The molecule has 0 aromatic rings. The van der Waals surface area contributed by atoms with Crippen molar-refractivity contribution < 1.29 is 28.7 Å². The lowest BCUT2D eigenvalue weighted by atomic mass is 9.87. The van der Waals surface area contributed by atoms with Crippen molar-refractivity contribution in [2.24, 2.45) is 0 Å². The average Bonchev–Trinajstić information content (AvgIpc) is 2.82. The van der Waals surface area contributed by atoms with Crippen LogP contribution in [0.25, 0.3) is 0 Å². The van der Waals surface area contributed by atoms with E-state index in [-0.39, 0.29) is 0 Å². The van der Waals surface area contributed by atoms with Crippen molar-refractivity contribution in [2.75, 3.05) is 21.3 Å². The third-order valence-electron chi connectivity index (χ3n) is 2.63. The first-order valence-corrected chi connectivity index (χ1v) is 4.99. The molecule has 9 nitrogen and oxygen atoms in total. The summed E-state index contributed by atoms with van der Waals surface area (Å²) < 4.78 is 9.03. The molecule has 1 rings (SSSR count). The van der Waals surface area contributed by atoms with Gasteiger partial charge in [-0.25, -0.2) is 14.4 Å². The van der Waals surface area contributed by atoms with Gasteiger partial charge in [0.15, 0.2) is 0 Å². The zero-order valence-electron chi connectivity index (χ0n) is 10.5. The summed E-state index contributed by atoms with van der Waals surface area (Å²) in [5, 5.41) is 18.4. The fraction of sp³-hybridized carbons (Fsp3) is 0.600. The molecule has 9 heteroatoms. The fourth-order valence-electron chi connectivity index (χ4n) is 1.73. The Labute approximate surface area is 108 Å². The Morgan fingerprint density at radius 3 is 1.95 bits per heavy atom. The monoisotopic (exact) mass is 269 g/mol. The van der Waals surface area contributed by atoms with Crippen LogP contribution in [0.4, 0.5) is 0 Å². The molecule has 0 amide bonds. The molecule has 1 aliphatic heterocycles. The van der Waals surface area contributed by atoms with Gasteiger partial charge in [0.2, 0.25) is 0 Å². The molecule has 0 unspecified atom stereocenters. The molecule has 0 aromatic carbocycles. The third-order valence-corrected chi connectivity index (χ3v) is 2.63. The Balaban J connectivity index is 3.39. The van der Waals surface area contributed by atoms with Gasteiger partial charge in [-0.3, -0.25) is 4.84 Å². The SMILES string of the molecule is COC(=O)C1(C(=O)OC)CC(C#N)(C#N)ON1OC. The number of esters is 2. The highest BCUT2D eigenvalue weighted by Gasteiger charge is 2.68. The van der Waals surface area contributed by atoms with Gasteiger partial charge in [0.05, 0.1) is 27.8 Å². The van der Waals surface area contributed by atoms with Gasteiger partial charge in [0.1, 0.15) is 12.1 Å². The lowest BCUT2D eigenvalue weighted by molar-refractivity contribution is -0.372. The number of methoxy groups -OCH3 is 2. The van der Waals surface area contributed by atoms with E-state index in [1.165, 1.54) is 0 Å². The minimum atomic E-state index is -2.16. The smallest absolute Gasteiger partial charge is 0.343 e. The van der Waals surface area contributed by atoms with E-state index in [1.54, 1.807) is 12.1 Å². The second kappa shape index (κ2) is 5.20. The highest BCUT2D eigenvalue weighted by molar-refractivity contribution is 6.05. The fourth-order valence-corrected chi connectivity index (χ4v) is 1.73. The summed E-state index contributed by atoms with van der Waals surface area (Å²) >= 11 is 0. The summed E-state index contributed by atoms with van der Waals surface area (Å²) in [4.78, 5) is 33.4. The number of ether oxygens (including phenoxy) is 2. The molecule has 0 aromatic heterocycles. The van der Waals surface area contributed by atoms with E-state index in [0.29, 0.717) is 5.23 Å². The van der Waals surface area contributed by atoms with Crippen molar-refractivity contribution in [1.29, 1.82) is 10.5 Å². The predicted molar refractivity (Wildman–Crippen MR) is 55.3 cm³/mol. The summed E-state index contributed by atoms with van der Waals surface area (Å²) in [7, 11) is 3.19. The quantitative estimate of drug-likeness (QED) is 0.471. The minimum Gasteiger partial charge on any atom is -0.467 e. The van der Waals surface area contributed by atoms with Crippen molar-refractivity contribution in [1.82, 2.24) is 5.23 Å². The molecule has 0 N–H and O–H groups in total. The number of nitriles is 2. The van der Waals surface area contributed by atoms with Crippen LogP contribution in [-0.2, 0) is 28.7 Å². The van der Waals surface area contributed by atoms with E-state index in [2.05, 4.69) is 9.47 Å². The van der Waals surface area contributed by atoms with Crippen molar-refractivity contribution >= 4 is 11.9 Å². The number of hydroxylamine groups is 2. The van der Waals surface area contributed by atoms with Crippen LogP contribution in [0.3, 0.4) is 0 Å². The van der Waals surface area contributed by atoms with Crippen LogP contribution in [0.1, 0.15) is 6.42 Å². The molecule has 1 aliphatic rings. The molecule has 102 valence electrons. The molecule has 1 heterocycles. The molecular formula is C10H11N3O6. The molecule has 0 spiro atoms. The van der Waals surface area contributed by atoms with Crippen molar-refractivity contribution in [3.63, 3.8) is 0 Å². The number of carbonyl (C=O) groups excluding carboxylic acids is 2. The molecule has 0 bridgehead atoms. The first kappa shape index (κ1) is 14.9.